The summed E-state index contributed by atoms with van der Waals surface area (Å²) in [5.74, 6) is 0.198. The van der Waals surface area contributed by atoms with Crippen LogP contribution in [0.25, 0.3) is 11.4 Å². The predicted octanol–water partition coefficient (Wildman–Crippen LogP) is 3.56. The fourth-order valence-corrected chi connectivity index (χ4v) is 2.68. The van der Waals surface area contributed by atoms with Crippen molar-refractivity contribution in [3.05, 3.63) is 45.9 Å². The third kappa shape index (κ3) is 2.42. The van der Waals surface area contributed by atoms with Crippen molar-refractivity contribution < 1.29 is 9.18 Å². The van der Waals surface area contributed by atoms with Gasteiger partial charge in [-0.15, -0.1) is 0 Å². The fourth-order valence-electron chi connectivity index (χ4n) is 2.21. The summed E-state index contributed by atoms with van der Waals surface area (Å²) in [5, 5.41) is 0. The second kappa shape index (κ2) is 4.81. The zero-order valence-electron chi connectivity index (χ0n) is 9.99. The molecule has 1 aromatic heterocycles. The molecule has 2 aromatic rings. The minimum absolute atomic E-state index is 0.0909. The van der Waals surface area contributed by atoms with Crippen LogP contribution in [0.5, 0.6) is 0 Å². The number of halogens is 2. The maximum absolute atomic E-state index is 13.4. The van der Waals surface area contributed by atoms with Crippen molar-refractivity contribution >= 4 is 21.7 Å². The molecule has 0 unspecified atom stereocenters. The van der Waals surface area contributed by atoms with Gasteiger partial charge < -0.3 is 0 Å². The van der Waals surface area contributed by atoms with Crippen LogP contribution in [0.2, 0.25) is 0 Å². The van der Waals surface area contributed by atoms with Crippen LogP contribution < -0.4 is 0 Å². The van der Waals surface area contributed by atoms with Crippen LogP contribution in [0.4, 0.5) is 4.39 Å². The molecule has 5 heteroatoms. The van der Waals surface area contributed by atoms with Crippen LogP contribution in [0, 0.1) is 5.82 Å². The van der Waals surface area contributed by atoms with E-state index in [2.05, 4.69) is 25.9 Å². The second-order valence-corrected chi connectivity index (χ2v) is 5.40. The molecular weight excluding hydrogens is 311 g/mol. The first-order valence-electron chi connectivity index (χ1n) is 5.99. The van der Waals surface area contributed by atoms with E-state index in [1.165, 1.54) is 12.1 Å². The van der Waals surface area contributed by atoms with Crippen LogP contribution in [-0.2, 0) is 6.42 Å². The maximum atomic E-state index is 13.4. The molecule has 0 N–H and O–H groups in total. The molecule has 1 heterocycles. The Morgan fingerprint density at radius 2 is 2.05 bits per heavy atom. The molecule has 0 saturated heterocycles. The van der Waals surface area contributed by atoms with E-state index in [4.69, 9.17) is 0 Å². The predicted molar refractivity (Wildman–Crippen MR) is 72.4 cm³/mol. The van der Waals surface area contributed by atoms with Crippen LogP contribution in [0.1, 0.15) is 28.9 Å². The minimum atomic E-state index is -0.346. The Morgan fingerprint density at radius 3 is 2.84 bits per heavy atom. The van der Waals surface area contributed by atoms with E-state index in [0.29, 0.717) is 27.8 Å². The van der Waals surface area contributed by atoms with Crippen molar-refractivity contribution in [2.75, 3.05) is 0 Å². The molecule has 0 fully saturated rings. The monoisotopic (exact) mass is 320 g/mol. The third-order valence-electron chi connectivity index (χ3n) is 3.11. The normalized spacial score (nSPS) is 14.3. The molecule has 1 aromatic carbocycles. The Kier molecular flexibility index (Phi) is 3.14. The molecule has 3 nitrogen and oxygen atoms in total. The fraction of sp³-hybridized carbons (Fsp3) is 0.214. The highest BCUT2D eigenvalue weighted by Crippen LogP contribution is 2.25. The summed E-state index contributed by atoms with van der Waals surface area (Å²) in [7, 11) is 0. The largest absolute Gasteiger partial charge is 0.294 e. The third-order valence-corrected chi connectivity index (χ3v) is 3.56. The Balaban J connectivity index is 2.09. The van der Waals surface area contributed by atoms with Gasteiger partial charge in [-0.3, -0.25) is 4.79 Å². The molecule has 0 saturated carbocycles. The van der Waals surface area contributed by atoms with E-state index in [1.807, 2.05) is 0 Å². The number of aromatic nitrogens is 2. The lowest BCUT2D eigenvalue weighted by Crippen LogP contribution is -2.13. The summed E-state index contributed by atoms with van der Waals surface area (Å²) in [6, 6.07) is 4.53. The number of carbonyl (C=O) groups excluding carboxylic acids is 1. The van der Waals surface area contributed by atoms with E-state index >= 15 is 0 Å². The second-order valence-electron chi connectivity index (χ2n) is 4.49. The van der Waals surface area contributed by atoms with Crippen LogP contribution in [-0.4, -0.2) is 15.8 Å². The lowest BCUT2D eigenvalue weighted by atomic mass is 9.96. The van der Waals surface area contributed by atoms with Crippen molar-refractivity contribution in [2.45, 2.75) is 19.3 Å². The Hall–Kier alpha value is -1.62. The van der Waals surface area contributed by atoms with Gasteiger partial charge in [-0.25, -0.2) is 14.4 Å². The highest BCUT2D eigenvalue weighted by molar-refractivity contribution is 9.10. The highest BCUT2D eigenvalue weighted by Gasteiger charge is 2.19. The Morgan fingerprint density at radius 1 is 1.21 bits per heavy atom. The van der Waals surface area contributed by atoms with Crippen molar-refractivity contribution in [1.82, 2.24) is 9.97 Å². The molecule has 19 heavy (non-hydrogen) atoms. The molecule has 3 rings (SSSR count). The van der Waals surface area contributed by atoms with E-state index in [9.17, 15) is 9.18 Å². The number of hydrogen-bond donors (Lipinski definition) is 0. The Bertz CT molecular complexity index is 652. The molecule has 0 bridgehead atoms. The number of rotatable bonds is 1. The van der Waals surface area contributed by atoms with Gasteiger partial charge in [0.1, 0.15) is 5.82 Å². The number of carbonyl (C=O) groups is 1. The zero-order valence-corrected chi connectivity index (χ0v) is 11.6. The standard InChI is InChI=1S/C14H10BrFN2O/c15-9-4-8(5-10(16)6-9)14-17-7-11-12(18-14)2-1-3-13(11)19/h4-7H,1-3H2. The van der Waals surface area contributed by atoms with Gasteiger partial charge in [0, 0.05) is 22.7 Å². The number of fused-ring (bicyclic) bond motifs is 1. The van der Waals surface area contributed by atoms with Crippen molar-refractivity contribution in [3.8, 4) is 11.4 Å². The first kappa shape index (κ1) is 12.4. The van der Waals surface area contributed by atoms with E-state index in [1.54, 1.807) is 12.3 Å². The molecule has 1 aliphatic carbocycles. The number of benzene rings is 1. The molecule has 0 spiro atoms. The summed E-state index contributed by atoms with van der Waals surface area (Å²) >= 11 is 3.25. The first-order chi connectivity index (χ1) is 9.13. The minimum Gasteiger partial charge on any atom is -0.294 e. The first-order valence-corrected chi connectivity index (χ1v) is 6.78. The van der Waals surface area contributed by atoms with E-state index in [-0.39, 0.29) is 11.6 Å². The van der Waals surface area contributed by atoms with Crippen molar-refractivity contribution in [1.29, 1.82) is 0 Å². The molecule has 1 aliphatic rings. The topological polar surface area (TPSA) is 42.9 Å². The number of ketones is 1. The van der Waals surface area contributed by atoms with Gasteiger partial charge in [0.05, 0.1) is 11.3 Å². The van der Waals surface area contributed by atoms with Gasteiger partial charge in [0.2, 0.25) is 0 Å². The number of aryl methyl sites for hydroxylation is 1. The summed E-state index contributed by atoms with van der Waals surface area (Å²) < 4.78 is 14.0. The summed E-state index contributed by atoms with van der Waals surface area (Å²) in [6.45, 7) is 0. The van der Waals surface area contributed by atoms with Crippen molar-refractivity contribution in [3.63, 3.8) is 0 Å². The zero-order chi connectivity index (χ0) is 13.4. The van der Waals surface area contributed by atoms with Crippen molar-refractivity contribution in [2.24, 2.45) is 0 Å². The molecule has 0 amide bonds. The lowest BCUT2D eigenvalue weighted by molar-refractivity contribution is 0.0971. The van der Waals surface area contributed by atoms with E-state index in [0.717, 1.165) is 18.5 Å². The van der Waals surface area contributed by atoms with Gasteiger partial charge in [-0.05, 0) is 31.0 Å². The summed E-state index contributed by atoms with van der Waals surface area (Å²) in [5.41, 5.74) is 1.97. The van der Waals surface area contributed by atoms with Crippen LogP contribution in [0.3, 0.4) is 0 Å². The van der Waals surface area contributed by atoms with Gasteiger partial charge >= 0.3 is 0 Å². The summed E-state index contributed by atoms with van der Waals surface area (Å²) in [4.78, 5) is 20.3. The molecular formula is C14H10BrFN2O. The quantitative estimate of drug-likeness (QED) is 0.806. The smallest absolute Gasteiger partial charge is 0.166 e. The van der Waals surface area contributed by atoms with Gasteiger partial charge in [-0.1, -0.05) is 15.9 Å². The summed E-state index contributed by atoms with van der Waals surface area (Å²) in [6.07, 6.45) is 3.70. The lowest BCUT2D eigenvalue weighted by Gasteiger charge is -2.13. The molecule has 0 atom stereocenters. The van der Waals surface area contributed by atoms with Crippen LogP contribution >= 0.6 is 15.9 Å². The molecule has 0 radical (unpaired) electrons. The SMILES string of the molecule is O=C1CCCc2nc(-c3cc(F)cc(Br)c3)ncc21. The average Bonchev–Trinajstić information content (AvgIpc) is 2.37. The molecule has 96 valence electrons. The van der Waals surface area contributed by atoms with Crippen LogP contribution in [0.15, 0.2) is 28.9 Å². The number of Topliss-reactive ketones (excluding diaryl/α,β-unsaturated/α-hetero) is 1. The van der Waals surface area contributed by atoms with Gasteiger partial charge in [0.25, 0.3) is 0 Å². The maximum Gasteiger partial charge on any atom is 0.166 e. The van der Waals surface area contributed by atoms with Gasteiger partial charge in [0.15, 0.2) is 11.6 Å². The highest BCUT2D eigenvalue weighted by atomic mass is 79.9. The van der Waals surface area contributed by atoms with E-state index < -0.39 is 0 Å². The van der Waals surface area contributed by atoms with Gasteiger partial charge in [-0.2, -0.15) is 0 Å². The average molecular weight is 321 g/mol. The number of hydrogen-bond acceptors (Lipinski definition) is 3. The molecule has 0 aliphatic heterocycles. The Labute approximate surface area is 118 Å². The number of nitrogens with zero attached hydrogens (tertiary/aromatic N) is 2.